The maximum atomic E-state index is 12.1. The minimum atomic E-state index is -3.46. The number of carbonyl (C=O) groups excluding carboxylic acids is 1. The number of sulfonamides is 1. The summed E-state index contributed by atoms with van der Waals surface area (Å²) in [4.78, 5) is 23.1. The minimum Gasteiger partial charge on any atom is -0.481 e. The van der Waals surface area contributed by atoms with Crippen LogP contribution in [0.25, 0.3) is 0 Å². The normalized spacial score (nSPS) is 16.2. The second-order valence-electron chi connectivity index (χ2n) is 6.10. The third-order valence-electron chi connectivity index (χ3n) is 4.35. The van der Waals surface area contributed by atoms with Crippen molar-refractivity contribution in [3.63, 3.8) is 0 Å². The maximum Gasteiger partial charge on any atom is 0.305 e. The van der Waals surface area contributed by atoms with Crippen LogP contribution in [0.15, 0.2) is 29.2 Å². The molecule has 1 aliphatic carbocycles. The number of hydrogen-bond donors (Lipinski definition) is 3. The Labute approximate surface area is 141 Å². The van der Waals surface area contributed by atoms with Gasteiger partial charge < -0.3 is 10.4 Å². The summed E-state index contributed by atoms with van der Waals surface area (Å²) in [6, 6.07) is 6.34. The summed E-state index contributed by atoms with van der Waals surface area (Å²) < 4.78 is 25.5. The summed E-state index contributed by atoms with van der Waals surface area (Å²) in [5, 5.41) is 11.8. The number of nitrogens with one attached hydrogen (secondary N) is 2. The molecule has 7 nitrogen and oxygen atoms in total. The van der Waals surface area contributed by atoms with E-state index in [9.17, 15) is 18.0 Å². The average molecular weight is 354 g/mol. The number of carboxylic acid groups (broad SMARTS) is 1. The van der Waals surface area contributed by atoms with Gasteiger partial charge in [0.05, 0.1) is 16.9 Å². The van der Waals surface area contributed by atoms with Crippen molar-refractivity contribution < 1.29 is 23.1 Å². The molecular weight excluding hydrogens is 332 g/mol. The fourth-order valence-electron chi connectivity index (χ4n) is 2.81. The Kier molecular flexibility index (Phi) is 5.61. The molecule has 8 heteroatoms. The summed E-state index contributed by atoms with van der Waals surface area (Å²) in [5.74, 6) is -1.08. The molecule has 2 rings (SSSR count). The predicted molar refractivity (Wildman–Crippen MR) is 88.0 cm³/mol. The highest BCUT2D eigenvalue weighted by Gasteiger charge is 2.40. The smallest absolute Gasteiger partial charge is 0.305 e. The summed E-state index contributed by atoms with van der Waals surface area (Å²) in [6.45, 7) is 0. The van der Waals surface area contributed by atoms with Gasteiger partial charge in [0.1, 0.15) is 0 Å². The molecule has 1 saturated carbocycles. The van der Waals surface area contributed by atoms with Crippen molar-refractivity contribution in [3.05, 3.63) is 29.8 Å². The van der Waals surface area contributed by atoms with Crippen LogP contribution in [0.3, 0.4) is 0 Å². The van der Waals surface area contributed by atoms with Gasteiger partial charge in [0.2, 0.25) is 15.9 Å². The number of aryl methyl sites for hydroxylation is 1. The lowest BCUT2D eigenvalue weighted by molar-refractivity contribution is -0.140. The second kappa shape index (κ2) is 7.31. The van der Waals surface area contributed by atoms with Crippen LogP contribution in [-0.2, 0) is 26.0 Å². The van der Waals surface area contributed by atoms with Gasteiger partial charge in [-0.1, -0.05) is 12.1 Å². The van der Waals surface area contributed by atoms with Crippen molar-refractivity contribution >= 4 is 21.9 Å². The van der Waals surface area contributed by atoms with E-state index in [1.807, 2.05) is 0 Å². The fourth-order valence-corrected chi connectivity index (χ4v) is 3.54. The molecule has 0 radical (unpaired) electrons. The van der Waals surface area contributed by atoms with Crippen molar-refractivity contribution in [2.75, 3.05) is 7.05 Å². The number of hydrogen-bond acceptors (Lipinski definition) is 4. The number of benzene rings is 1. The van der Waals surface area contributed by atoms with Crippen molar-refractivity contribution in [2.45, 2.75) is 49.0 Å². The van der Waals surface area contributed by atoms with E-state index >= 15 is 0 Å². The zero-order valence-electron chi connectivity index (χ0n) is 13.5. The summed E-state index contributed by atoms with van der Waals surface area (Å²) in [5.41, 5.74) is 0.259. The highest BCUT2D eigenvalue weighted by atomic mass is 32.2. The number of carboxylic acids is 1. The molecule has 0 aliphatic heterocycles. The molecular formula is C16H22N2O5S. The molecule has 1 aromatic rings. The third-order valence-corrected chi connectivity index (χ3v) is 5.78. The van der Waals surface area contributed by atoms with Crippen LogP contribution in [0.4, 0.5) is 0 Å². The topological polar surface area (TPSA) is 113 Å². The lowest BCUT2D eigenvalue weighted by Crippen LogP contribution is -2.54. The van der Waals surface area contributed by atoms with Crippen LogP contribution in [-0.4, -0.2) is 38.0 Å². The maximum absolute atomic E-state index is 12.1. The highest BCUT2D eigenvalue weighted by molar-refractivity contribution is 7.89. The SMILES string of the molecule is CNS(=O)(=O)c1ccc(CCC(=O)NC2(CC(=O)O)CCC2)cc1. The first-order valence-electron chi connectivity index (χ1n) is 7.82. The molecule has 0 spiro atoms. The minimum absolute atomic E-state index is 0.0463. The van der Waals surface area contributed by atoms with E-state index in [0.29, 0.717) is 19.3 Å². The Hall–Kier alpha value is -1.93. The molecule has 1 aromatic carbocycles. The number of amides is 1. The first-order valence-corrected chi connectivity index (χ1v) is 9.30. The van der Waals surface area contributed by atoms with E-state index < -0.39 is 21.5 Å². The van der Waals surface area contributed by atoms with Gasteiger partial charge in [-0.05, 0) is 50.4 Å². The zero-order chi connectivity index (χ0) is 17.8. The zero-order valence-corrected chi connectivity index (χ0v) is 14.4. The van der Waals surface area contributed by atoms with Crippen LogP contribution in [0.2, 0.25) is 0 Å². The van der Waals surface area contributed by atoms with E-state index in [1.54, 1.807) is 12.1 Å². The fraction of sp³-hybridized carbons (Fsp3) is 0.500. The monoisotopic (exact) mass is 354 g/mol. The second-order valence-corrected chi connectivity index (χ2v) is 7.99. The summed E-state index contributed by atoms with van der Waals surface area (Å²) in [7, 11) is -2.11. The van der Waals surface area contributed by atoms with Gasteiger partial charge in [-0.15, -0.1) is 0 Å². The van der Waals surface area contributed by atoms with Crippen LogP contribution in [0.1, 0.15) is 37.7 Å². The molecule has 24 heavy (non-hydrogen) atoms. The third kappa shape index (κ3) is 4.55. The Morgan fingerprint density at radius 3 is 2.29 bits per heavy atom. The molecule has 132 valence electrons. The van der Waals surface area contributed by atoms with E-state index in [1.165, 1.54) is 19.2 Å². The molecule has 1 amide bonds. The van der Waals surface area contributed by atoms with E-state index in [-0.39, 0.29) is 23.6 Å². The van der Waals surface area contributed by atoms with Gasteiger partial charge in [0.25, 0.3) is 0 Å². The number of carbonyl (C=O) groups is 2. The molecule has 1 aliphatic rings. The van der Waals surface area contributed by atoms with Crippen LogP contribution in [0.5, 0.6) is 0 Å². The molecule has 0 saturated heterocycles. The quantitative estimate of drug-likeness (QED) is 0.646. The molecule has 0 heterocycles. The Bertz CT molecular complexity index is 708. The Morgan fingerprint density at radius 1 is 1.21 bits per heavy atom. The van der Waals surface area contributed by atoms with Gasteiger partial charge in [-0.2, -0.15) is 0 Å². The first-order chi connectivity index (χ1) is 11.3. The highest BCUT2D eigenvalue weighted by Crippen LogP contribution is 2.35. The summed E-state index contributed by atoms with van der Waals surface area (Å²) in [6.07, 6.45) is 2.97. The van der Waals surface area contributed by atoms with Crippen molar-refractivity contribution in [1.82, 2.24) is 10.0 Å². The van der Waals surface area contributed by atoms with Gasteiger partial charge in [0, 0.05) is 6.42 Å². The van der Waals surface area contributed by atoms with Crippen LogP contribution in [0, 0.1) is 0 Å². The molecule has 3 N–H and O–H groups in total. The van der Waals surface area contributed by atoms with E-state index in [4.69, 9.17) is 5.11 Å². The molecule has 0 unspecified atom stereocenters. The van der Waals surface area contributed by atoms with E-state index in [0.717, 1.165) is 12.0 Å². The largest absolute Gasteiger partial charge is 0.481 e. The van der Waals surface area contributed by atoms with E-state index in [2.05, 4.69) is 10.0 Å². The average Bonchev–Trinajstić information content (AvgIpc) is 2.50. The summed E-state index contributed by atoms with van der Waals surface area (Å²) >= 11 is 0. The van der Waals surface area contributed by atoms with Gasteiger partial charge in [-0.25, -0.2) is 13.1 Å². The van der Waals surface area contributed by atoms with Gasteiger partial charge in [0.15, 0.2) is 0 Å². The number of aliphatic carboxylic acids is 1. The molecule has 0 atom stereocenters. The van der Waals surface area contributed by atoms with Crippen LogP contribution >= 0.6 is 0 Å². The van der Waals surface area contributed by atoms with Crippen LogP contribution < -0.4 is 10.0 Å². The lowest BCUT2D eigenvalue weighted by Gasteiger charge is -2.41. The Morgan fingerprint density at radius 2 is 1.83 bits per heavy atom. The van der Waals surface area contributed by atoms with Gasteiger partial charge >= 0.3 is 5.97 Å². The number of rotatable bonds is 8. The first kappa shape index (κ1) is 18.4. The molecule has 1 fully saturated rings. The lowest BCUT2D eigenvalue weighted by atomic mass is 9.74. The molecule has 0 aromatic heterocycles. The van der Waals surface area contributed by atoms with Gasteiger partial charge in [-0.3, -0.25) is 9.59 Å². The predicted octanol–water partition coefficient (Wildman–Crippen LogP) is 1.04. The molecule has 0 bridgehead atoms. The standard InChI is InChI=1S/C16H22N2O5S/c1-17-24(22,23)13-6-3-12(4-7-13)5-8-14(19)18-16(9-2-10-16)11-15(20)21/h3-4,6-7,17H,2,5,8-11H2,1H3,(H,18,19)(H,20,21). The van der Waals surface area contributed by atoms with Crippen molar-refractivity contribution in [1.29, 1.82) is 0 Å². The van der Waals surface area contributed by atoms with Crippen molar-refractivity contribution in [3.8, 4) is 0 Å². The van der Waals surface area contributed by atoms with Crippen molar-refractivity contribution in [2.24, 2.45) is 0 Å². The Balaban J connectivity index is 1.89.